The van der Waals surface area contributed by atoms with E-state index in [0.717, 1.165) is 30.5 Å². The van der Waals surface area contributed by atoms with Gasteiger partial charge in [-0.15, -0.1) is 0 Å². The lowest BCUT2D eigenvalue weighted by Crippen LogP contribution is -2.48. The van der Waals surface area contributed by atoms with Crippen LogP contribution in [0, 0.1) is 0 Å². The molecule has 1 atom stereocenters. The molecule has 0 aromatic carbocycles. The van der Waals surface area contributed by atoms with Crippen LogP contribution in [0.2, 0.25) is 0 Å². The molecule has 6 heteroatoms. The Morgan fingerprint density at radius 2 is 2.19 bits per heavy atom. The molecule has 0 saturated carbocycles. The molecule has 0 bridgehead atoms. The van der Waals surface area contributed by atoms with E-state index in [9.17, 15) is 9.59 Å². The van der Waals surface area contributed by atoms with Gasteiger partial charge in [0.15, 0.2) is 0 Å². The quantitative estimate of drug-likeness (QED) is 0.811. The summed E-state index contributed by atoms with van der Waals surface area (Å²) in [5.74, 6) is -0.120. The van der Waals surface area contributed by atoms with Crippen molar-refractivity contribution in [1.82, 2.24) is 14.7 Å². The molecule has 1 aliphatic carbocycles. The second kappa shape index (κ2) is 4.94. The third kappa shape index (κ3) is 2.37. The van der Waals surface area contributed by atoms with Crippen molar-refractivity contribution < 1.29 is 9.53 Å². The van der Waals surface area contributed by atoms with Crippen molar-refractivity contribution in [3.63, 3.8) is 0 Å². The molecule has 2 aliphatic rings. The normalized spacial score (nSPS) is 21.4. The first kappa shape index (κ1) is 14.3. The average molecular weight is 291 g/mol. The highest BCUT2D eigenvalue weighted by molar-refractivity contribution is 5.80. The number of amides is 1. The fourth-order valence-electron chi connectivity index (χ4n) is 3.02. The molecule has 1 fully saturated rings. The van der Waals surface area contributed by atoms with Crippen LogP contribution in [-0.4, -0.2) is 39.5 Å². The third-order valence-electron chi connectivity index (χ3n) is 4.38. The third-order valence-corrected chi connectivity index (χ3v) is 4.38. The maximum Gasteiger partial charge on any atom is 0.267 e. The van der Waals surface area contributed by atoms with E-state index in [1.54, 1.807) is 17.9 Å². The molecule has 1 aromatic heterocycles. The molecule has 1 unspecified atom stereocenters. The molecular weight excluding hydrogens is 270 g/mol. The van der Waals surface area contributed by atoms with Crippen LogP contribution in [-0.2, 0) is 22.4 Å². The number of nitrogens with zero attached hydrogens (tertiary/aromatic N) is 3. The summed E-state index contributed by atoms with van der Waals surface area (Å²) in [5, 5.41) is 4.41. The van der Waals surface area contributed by atoms with Gasteiger partial charge < -0.3 is 9.64 Å². The van der Waals surface area contributed by atoms with Gasteiger partial charge in [0, 0.05) is 6.07 Å². The van der Waals surface area contributed by atoms with Crippen molar-refractivity contribution >= 4 is 5.91 Å². The number of ether oxygens (including phenoxy) is 1. The van der Waals surface area contributed by atoms with E-state index in [4.69, 9.17) is 4.74 Å². The van der Waals surface area contributed by atoms with Crippen LogP contribution in [0.4, 0.5) is 0 Å². The summed E-state index contributed by atoms with van der Waals surface area (Å²) in [6.07, 6.45) is 2.82. The number of aromatic nitrogens is 2. The van der Waals surface area contributed by atoms with Gasteiger partial charge in [0.2, 0.25) is 5.91 Å². The smallest absolute Gasteiger partial charge is 0.267 e. The first-order valence-electron chi connectivity index (χ1n) is 7.41. The minimum Gasteiger partial charge on any atom is -0.359 e. The van der Waals surface area contributed by atoms with Crippen LogP contribution < -0.4 is 5.56 Å². The van der Waals surface area contributed by atoms with Crippen molar-refractivity contribution in [2.45, 2.75) is 51.6 Å². The highest BCUT2D eigenvalue weighted by atomic mass is 16.5. The first-order valence-corrected chi connectivity index (χ1v) is 7.41. The van der Waals surface area contributed by atoms with Crippen molar-refractivity contribution in [2.75, 3.05) is 13.3 Å². The Balaban J connectivity index is 1.90. The molecule has 1 saturated heterocycles. The van der Waals surface area contributed by atoms with Gasteiger partial charge in [-0.3, -0.25) is 9.59 Å². The molecule has 3 rings (SSSR count). The molecule has 1 aliphatic heterocycles. The number of hydrogen-bond acceptors (Lipinski definition) is 4. The van der Waals surface area contributed by atoms with Crippen LogP contribution in [0.3, 0.4) is 0 Å². The highest BCUT2D eigenvalue weighted by Gasteiger charge is 2.39. The van der Waals surface area contributed by atoms with E-state index in [0.29, 0.717) is 6.61 Å². The Morgan fingerprint density at radius 3 is 2.86 bits per heavy atom. The zero-order valence-corrected chi connectivity index (χ0v) is 12.8. The standard InChI is InChI=1S/C15H21N3O3/c1-10(14(20)17-9-21-8-15(17,2)3)18-13(19)7-11-5-4-6-12(11)16-18/h7,10H,4-6,8-9H2,1-3H3. The zero-order valence-electron chi connectivity index (χ0n) is 12.8. The number of rotatable bonds is 2. The van der Waals surface area contributed by atoms with Crippen LogP contribution in [0.25, 0.3) is 0 Å². The van der Waals surface area contributed by atoms with Crippen LogP contribution in [0.1, 0.15) is 44.5 Å². The Morgan fingerprint density at radius 1 is 1.43 bits per heavy atom. The lowest BCUT2D eigenvalue weighted by molar-refractivity contribution is -0.138. The molecule has 1 aromatic rings. The maximum atomic E-state index is 12.7. The van der Waals surface area contributed by atoms with Crippen molar-refractivity contribution in [3.05, 3.63) is 27.7 Å². The Hall–Kier alpha value is -1.69. The Kier molecular flexibility index (Phi) is 3.36. The molecule has 114 valence electrons. The summed E-state index contributed by atoms with van der Waals surface area (Å²) in [6, 6.07) is 1.02. The zero-order chi connectivity index (χ0) is 15.2. The summed E-state index contributed by atoms with van der Waals surface area (Å²) in [6.45, 7) is 6.44. The van der Waals surface area contributed by atoms with E-state index in [-0.39, 0.29) is 23.7 Å². The monoisotopic (exact) mass is 291 g/mol. The maximum absolute atomic E-state index is 12.7. The van der Waals surface area contributed by atoms with Gasteiger partial charge in [0.1, 0.15) is 12.8 Å². The predicted octanol–water partition coefficient (Wildman–Crippen LogP) is 0.888. The SMILES string of the molecule is CC(C(=O)N1COCC1(C)C)n1nc2c(cc1=O)CCC2. The molecular formula is C15H21N3O3. The van der Waals surface area contributed by atoms with Gasteiger partial charge in [-0.25, -0.2) is 4.68 Å². The van der Waals surface area contributed by atoms with Crippen molar-refractivity contribution in [2.24, 2.45) is 0 Å². The first-order chi connectivity index (χ1) is 9.90. The summed E-state index contributed by atoms with van der Waals surface area (Å²) >= 11 is 0. The van der Waals surface area contributed by atoms with Gasteiger partial charge in [-0.1, -0.05) is 0 Å². The van der Waals surface area contributed by atoms with E-state index < -0.39 is 6.04 Å². The van der Waals surface area contributed by atoms with Crippen molar-refractivity contribution in [1.29, 1.82) is 0 Å². The summed E-state index contributed by atoms with van der Waals surface area (Å²) in [4.78, 5) is 26.5. The number of carbonyl (C=O) groups excluding carboxylic acids is 1. The summed E-state index contributed by atoms with van der Waals surface area (Å²) < 4.78 is 6.70. The van der Waals surface area contributed by atoms with Gasteiger partial charge in [0.05, 0.1) is 17.8 Å². The fraction of sp³-hybridized carbons (Fsp3) is 0.667. The van der Waals surface area contributed by atoms with E-state index >= 15 is 0 Å². The molecule has 21 heavy (non-hydrogen) atoms. The van der Waals surface area contributed by atoms with E-state index in [1.165, 1.54) is 4.68 Å². The Bertz CT molecular complexity index is 636. The van der Waals surface area contributed by atoms with Gasteiger partial charge >= 0.3 is 0 Å². The molecule has 0 N–H and O–H groups in total. The summed E-state index contributed by atoms with van der Waals surface area (Å²) in [7, 11) is 0. The van der Waals surface area contributed by atoms with E-state index in [2.05, 4.69) is 5.10 Å². The van der Waals surface area contributed by atoms with Gasteiger partial charge in [0.25, 0.3) is 5.56 Å². The number of fused-ring (bicyclic) bond motifs is 1. The van der Waals surface area contributed by atoms with Crippen molar-refractivity contribution in [3.8, 4) is 0 Å². The lowest BCUT2D eigenvalue weighted by Gasteiger charge is -2.31. The molecule has 0 spiro atoms. The molecule has 0 radical (unpaired) electrons. The minimum atomic E-state index is -0.607. The minimum absolute atomic E-state index is 0.120. The van der Waals surface area contributed by atoms with E-state index in [1.807, 2.05) is 13.8 Å². The molecule has 2 heterocycles. The number of hydrogen-bond donors (Lipinski definition) is 0. The highest BCUT2D eigenvalue weighted by Crippen LogP contribution is 2.25. The molecule has 6 nitrogen and oxygen atoms in total. The second-order valence-corrected chi connectivity index (χ2v) is 6.48. The van der Waals surface area contributed by atoms with Crippen LogP contribution in [0.15, 0.2) is 10.9 Å². The number of carbonyl (C=O) groups is 1. The average Bonchev–Trinajstić information content (AvgIpc) is 3.01. The summed E-state index contributed by atoms with van der Waals surface area (Å²) in [5.41, 5.74) is 1.44. The topological polar surface area (TPSA) is 64.4 Å². The largest absolute Gasteiger partial charge is 0.359 e. The lowest BCUT2D eigenvalue weighted by atomic mass is 10.1. The van der Waals surface area contributed by atoms with Crippen LogP contribution >= 0.6 is 0 Å². The number of aryl methyl sites for hydroxylation is 2. The Labute approximate surface area is 123 Å². The van der Waals surface area contributed by atoms with Gasteiger partial charge in [-0.05, 0) is 45.6 Å². The van der Waals surface area contributed by atoms with Crippen LogP contribution in [0.5, 0.6) is 0 Å². The predicted molar refractivity (Wildman–Crippen MR) is 77.0 cm³/mol. The second-order valence-electron chi connectivity index (χ2n) is 6.48. The fourth-order valence-corrected chi connectivity index (χ4v) is 3.02. The van der Waals surface area contributed by atoms with Gasteiger partial charge in [-0.2, -0.15) is 5.10 Å². The molecule has 1 amide bonds.